The number of nitrogen functional groups attached to an aromatic ring is 2. The van der Waals surface area contributed by atoms with Crippen molar-refractivity contribution in [2.45, 2.75) is 49.2 Å². The van der Waals surface area contributed by atoms with Gasteiger partial charge in [-0.15, -0.1) is 5.10 Å². The number of aromatic amines is 1. The first-order valence-electron chi connectivity index (χ1n) is 12.1. The molecule has 0 aromatic carbocycles. The second kappa shape index (κ2) is 10.7. The number of nitrogens with two attached hydrogens (primary N) is 2. The molecule has 0 saturated carbocycles. The molecule has 1 unspecified atom stereocenters. The van der Waals surface area contributed by atoms with Crippen LogP contribution in [0.5, 0.6) is 0 Å². The highest BCUT2D eigenvalue weighted by Gasteiger charge is 2.51. The highest BCUT2D eigenvalue weighted by atomic mass is 32.5. The van der Waals surface area contributed by atoms with E-state index in [0.717, 1.165) is 11.0 Å². The zero-order chi connectivity index (χ0) is 29.9. The number of nitrogens with zero attached hydrogens (tertiary/aromatic N) is 8. The van der Waals surface area contributed by atoms with Gasteiger partial charge in [-0.05, 0) is 11.8 Å². The predicted octanol–water partition coefficient (Wildman–Crippen LogP) is -2.04. The molecule has 23 heteroatoms. The quantitative estimate of drug-likeness (QED) is 0.114. The molecular formula is C19H22F2N11O8PS. The topological polar surface area (TPSA) is 270 Å². The molecule has 0 radical (unpaired) electrons. The Bertz CT molecular complexity index is 1740. The minimum Gasteiger partial charge on any atom is -0.394 e. The van der Waals surface area contributed by atoms with Gasteiger partial charge in [-0.3, -0.25) is 18.9 Å². The van der Waals surface area contributed by atoms with E-state index in [1.165, 1.54) is 10.9 Å². The number of aromatic nitrogens is 9. The van der Waals surface area contributed by atoms with Gasteiger partial charge in [-0.2, -0.15) is 9.67 Å². The van der Waals surface area contributed by atoms with E-state index in [0.29, 0.717) is 0 Å². The Kier molecular flexibility index (Phi) is 7.35. The van der Waals surface area contributed by atoms with Gasteiger partial charge in [0.1, 0.15) is 36.3 Å². The van der Waals surface area contributed by atoms with Crippen molar-refractivity contribution in [3.05, 3.63) is 23.0 Å². The number of aliphatic hydroxyl groups is 2. The Morgan fingerprint density at radius 1 is 1.12 bits per heavy atom. The third-order valence-corrected chi connectivity index (χ3v) is 8.21. The molecule has 0 bridgehead atoms. The number of H-pyrrole nitrogens is 1. The van der Waals surface area contributed by atoms with Gasteiger partial charge in [0.2, 0.25) is 5.95 Å². The van der Waals surface area contributed by atoms with Crippen LogP contribution < -0.4 is 17.0 Å². The molecule has 9 atom stereocenters. The van der Waals surface area contributed by atoms with E-state index < -0.39 is 74.7 Å². The number of ether oxygens (including phenoxy) is 2. The molecule has 42 heavy (non-hydrogen) atoms. The normalized spacial score (nSPS) is 31.3. The van der Waals surface area contributed by atoms with Crippen LogP contribution in [0.25, 0.3) is 22.3 Å². The van der Waals surface area contributed by atoms with Gasteiger partial charge < -0.3 is 40.6 Å². The predicted molar refractivity (Wildman–Crippen MR) is 138 cm³/mol. The molecule has 8 N–H and O–H groups in total. The fourth-order valence-corrected chi connectivity index (χ4v) is 6.06. The van der Waals surface area contributed by atoms with Crippen molar-refractivity contribution >= 4 is 52.6 Å². The average Bonchev–Trinajstić information content (AvgIpc) is 3.69. The van der Waals surface area contributed by atoms with Gasteiger partial charge in [-0.25, -0.2) is 23.7 Å². The van der Waals surface area contributed by atoms with Crippen LogP contribution in [0.3, 0.4) is 0 Å². The van der Waals surface area contributed by atoms with Gasteiger partial charge >= 0.3 is 6.72 Å². The lowest BCUT2D eigenvalue weighted by atomic mass is 10.1. The molecule has 2 aliphatic rings. The zero-order valence-electron chi connectivity index (χ0n) is 20.9. The zero-order valence-corrected chi connectivity index (χ0v) is 22.6. The Labute approximate surface area is 236 Å². The molecule has 4 aromatic rings. The van der Waals surface area contributed by atoms with E-state index in [9.17, 15) is 19.9 Å². The second-order valence-corrected chi connectivity index (χ2v) is 12.1. The van der Waals surface area contributed by atoms with E-state index in [2.05, 4.69) is 35.2 Å². The molecule has 0 spiro atoms. The molecule has 4 aromatic heterocycles. The summed E-state index contributed by atoms with van der Waals surface area (Å²) >= 11 is 5.04. The fourth-order valence-electron chi connectivity index (χ4n) is 4.65. The van der Waals surface area contributed by atoms with Crippen LogP contribution in [0, 0.1) is 0 Å². The van der Waals surface area contributed by atoms with E-state index in [1.54, 1.807) is 0 Å². The summed E-state index contributed by atoms with van der Waals surface area (Å²) in [5, 5.41) is 27.5. The minimum atomic E-state index is -4.37. The Morgan fingerprint density at radius 2 is 1.88 bits per heavy atom. The number of halogens is 2. The highest BCUT2D eigenvalue weighted by Crippen LogP contribution is 2.50. The van der Waals surface area contributed by atoms with E-state index in [4.69, 9.17) is 41.8 Å². The number of nitrogens with one attached hydrogen (secondary N) is 1. The van der Waals surface area contributed by atoms with Gasteiger partial charge in [0.15, 0.2) is 47.4 Å². The number of hydrogen-bond donors (Lipinski definition) is 6. The van der Waals surface area contributed by atoms with Gasteiger partial charge in [0, 0.05) is 0 Å². The number of anilines is 2. The number of hydrogen-bond acceptors (Lipinski definition) is 16. The molecule has 226 valence electrons. The smallest absolute Gasteiger partial charge is 0.325 e. The van der Waals surface area contributed by atoms with E-state index >= 15 is 8.78 Å². The highest BCUT2D eigenvalue weighted by molar-refractivity contribution is 8.07. The monoisotopic (exact) mass is 633 g/mol. The minimum absolute atomic E-state index is 0.0550. The van der Waals surface area contributed by atoms with Gasteiger partial charge in [0.05, 0.1) is 19.5 Å². The Morgan fingerprint density at radius 3 is 2.64 bits per heavy atom. The van der Waals surface area contributed by atoms with E-state index in [1.807, 2.05) is 0 Å². The maximum absolute atomic E-state index is 15.3. The molecule has 6 rings (SSSR count). The summed E-state index contributed by atoms with van der Waals surface area (Å²) in [5.41, 5.74) is 10.5. The number of imidazole rings is 1. The van der Waals surface area contributed by atoms with Crippen molar-refractivity contribution in [1.29, 1.82) is 0 Å². The summed E-state index contributed by atoms with van der Waals surface area (Å²) in [5.74, 6) is -0.240. The molecule has 2 saturated heterocycles. The number of rotatable bonds is 8. The van der Waals surface area contributed by atoms with Gasteiger partial charge in [0.25, 0.3) is 5.56 Å². The van der Waals surface area contributed by atoms with Crippen molar-refractivity contribution in [2.24, 2.45) is 0 Å². The fraction of sp³-hybridized carbons (Fsp3) is 0.526. The first-order chi connectivity index (χ1) is 20.0. The summed E-state index contributed by atoms with van der Waals surface area (Å²) in [6.07, 6.45) is -10.9. The van der Waals surface area contributed by atoms with Crippen LogP contribution in [0.4, 0.5) is 20.5 Å². The van der Waals surface area contributed by atoms with Crippen LogP contribution >= 0.6 is 6.72 Å². The summed E-state index contributed by atoms with van der Waals surface area (Å²) in [7, 11) is 0. The first-order valence-corrected chi connectivity index (χ1v) is 14.7. The van der Waals surface area contributed by atoms with Crippen LogP contribution in [0.1, 0.15) is 12.5 Å². The Balaban J connectivity index is 1.19. The molecule has 2 aliphatic heterocycles. The SMILES string of the molecule is Nc1nc2c(nnn2[C@@H]2O[C@H](CO)[C@H](F)[C@H]2OP(O)(=S)OC[C@H]2O[C@@H](n3cnc4c(N)ncnc43)[C@@H](F)[C@@H]2O)c(=O)[nH]1. The number of alkyl halides is 2. The van der Waals surface area contributed by atoms with Crippen LogP contribution in [0.15, 0.2) is 17.4 Å². The molecule has 19 nitrogen and oxygen atoms in total. The third kappa shape index (κ3) is 4.89. The van der Waals surface area contributed by atoms with Crippen molar-refractivity contribution in [2.75, 3.05) is 24.7 Å². The molecule has 0 amide bonds. The molecule has 6 heterocycles. The number of fused-ring (bicyclic) bond motifs is 2. The third-order valence-electron chi connectivity index (χ3n) is 6.65. The van der Waals surface area contributed by atoms with Crippen molar-refractivity contribution in [3.8, 4) is 0 Å². The largest absolute Gasteiger partial charge is 0.394 e. The summed E-state index contributed by atoms with van der Waals surface area (Å²) < 4.78 is 54.3. The lowest BCUT2D eigenvalue weighted by Crippen LogP contribution is -2.33. The summed E-state index contributed by atoms with van der Waals surface area (Å²) in [4.78, 5) is 41.0. The lowest BCUT2D eigenvalue weighted by molar-refractivity contribution is -0.0596. The lowest BCUT2D eigenvalue weighted by Gasteiger charge is -2.25. The second-order valence-electron chi connectivity index (χ2n) is 9.27. The van der Waals surface area contributed by atoms with Crippen LogP contribution in [-0.4, -0.2) is 110 Å². The van der Waals surface area contributed by atoms with Crippen LogP contribution in [-0.2, 0) is 30.3 Å². The first kappa shape index (κ1) is 28.8. The van der Waals surface area contributed by atoms with Crippen LogP contribution in [0.2, 0.25) is 0 Å². The summed E-state index contributed by atoms with van der Waals surface area (Å²) in [6, 6.07) is 0. The number of aliphatic hydroxyl groups excluding tert-OH is 2. The molecule has 2 fully saturated rings. The summed E-state index contributed by atoms with van der Waals surface area (Å²) in [6.45, 7) is -5.84. The van der Waals surface area contributed by atoms with Crippen molar-refractivity contribution in [1.82, 2.24) is 44.5 Å². The van der Waals surface area contributed by atoms with E-state index in [-0.39, 0.29) is 34.1 Å². The van der Waals surface area contributed by atoms with Crippen molar-refractivity contribution < 1.29 is 42.4 Å². The standard InChI is InChI=1S/C19H22F2N11O8PS/c20-7-5(1-33)38-18(32-15-10(29-30-32)16(35)28-19(23)27-15)12(7)40-41(36,42)37-2-6-11(34)8(21)17(39-6)31-4-26-9-13(22)24-3-25-14(9)31/h3-8,11-12,17-18,33-34H,1-2H2,(H,36,42)(H2,22,24,25)(H3,23,27,28,35)/t5-,6-,7+,8+,11-,12-,17-,18-,41?/m1/s1. The average molecular weight is 633 g/mol. The molecule has 0 aliphatic carbocycles. The molecular weight excluding hydrogens is 611 g/mol. The Hall–Kier alpha value is -3.34. The maximum Gasteiger partial charge on any atom is 0.325 e. The van der Waals surface area contributed by atoms with Crippen molar-refractivity contribution in [3.63, 3.8) is 0 Å². The maximum atomic E-state index is 15.3. The van der Waals surface area contributed by atoms with Gasteiger partial charge in [-0.1, -0.05) is 5.21 Å².